The molecule has 1 saturated heterocycles. The van der Waals surface area contributed by atoms with Crippen LogP contribution in [0.2, 0.25) is 0 Å². The van der Waals surface area contributed by atoms with Crippen molar-refractivity contribution in [3.63, 3.8) is 0 Å². The summed E-state index contributed by atoms with van der Waals surface area (Å²) in [7, 11) is -1.59. The molecule has 1 aliphatic heterocycles. The summed E-state index contributed by atoms with van der Waals surface area (Å²) in [6.07, 6.45) is 5.02. The van der Waals surface area contributed by atoms with Crippen molar-refractivity contribution >= 4 is 33.7 Å². The molecule has 0 spiro atoms. The number of benzene rings is 2. The molecule has 0 bridgehead atoms. The Balaban J connectivity index is 2.02. The van der Waals surface area contributed by atoms with Crippen LogP contribution in [0.4, 0.5) is 5.69 Å². The predicted octanol–water partition coefficient (Wildman–Crippen LogP) is 3.23. The third-order valence-corrected chi connectivity index (χ3v) is 6.59. The second kappa shape index (κ2) is 10.4. The molecule has 176 valence electrons. The molecule has 1 fully saturated rings. The van der Waals surface area contributed by atoms with E-state index in [4.69, 9.17) is 14.6 Å². The average Bonchev–Trinajstić information content (AvgIpc) is 2.82. The van der Waals surface area contributed by atoms with Crippen molar-refractivity contribution in [2.75, 3.05) is 32.0 Å². The summed E-state index contributed by atoms with van der Waals surface area (Å²) in [5.41, 5.74) is 0.671. The number of likely N-dealkylation sites (tertiary alicyclic amines) is 1. The molecule has 0 aromatic heterocycles. The van der Waals surface area contributed by atoms with Gasteiger partial charge in [0.15, 0.2) is 11.5 Å². The van der Waals surface area contributed by atoms with E-state index in [9.17, 15) is 18.0 Å². The number of sulfonamides is 1. The Morgan fingerprint density at radius 3 is 2.39 bits per heavy atom. The van der Waals surface area contributed by atoms with E-state index in [1.807, 2.05) is 0 Å². The number of methoxy groups -OCH3 is 2. The van der Waals surface area contributed by atoms with Gasteiger partial charge < -0.3 is 19.5 Å². The zero-order valence-corrected chi connectivity index (χ0v) is 19.2. The van der Waals surface area contributed by atoms with Gasteiger partial charge in [-0.05, 0) is 55.2 Å². The molecule has 0 saturated carbocycles. The largest absolute Gasteiger partial charge is 0.493 e. The van der Waals surface area contributed by atoms with Gasteiger partial charge in [-0.15, -0.1) is 0 Å². The van der Waals surface area contributed by atoms with Crippen molar-refractivity contribution in [2.45, 2.75) is 24.2 Å². The van der Waals surface area contributed by atoms with Crippen molar-refractivity contribution in [1.82, 2.24) is 4.90 Å². The third kappa shape index (κ3) is 5.64. The lowest BCUT2D eigenvalue weighted by Crippen LogP contribution is -2.36. The van der Waals surface area contributed by atoms with Crippen LogP contribution in [0.25, 0.3) is 6.08 Å². The minimum absolute atomic E-state index is 0.0442. The number of carbonyl (C=O) groups excluding carboxylic acids is 1. The number of amides is 1. The first kappa shape index (κ1) is 24.1. The van der Waals surface area contributed by atoms with E-state index in [1.165, 1.54) is 38.5 Å². The summed E-state index contributed by atoms with van der Waals surface area (Å²) in [4.78, 5) is 25.4. The monoisotopic (exact) mass is 474 g/mol. The first-order chi connectivity index (χ1) is 15.8. The van der Waals surface area contributed by atoms with Crippen LogP contribution in [0.1, 0.15) is 35.2 Å². The highest BCUT2D eigenvalue weighted by molar-refractivity contribution is 7.92. The molecule has 2 aromatic rings. The minimum Gasteiger partial charge on any atom is -0.493 e. The molecule has 1 heterocycles. The molecule has 0 radical (unpaired) electrons. The lowest BCUT2D eigenvalue weighted by atomic mass is 10.1. The molecule has 0 aliphatic carbocycles. The number of para-hydroxylation sites is 1. The molecule has 33 heavy (non-hydrogen) atoms. The number of nitrogens with zero attached hydrogens (tertiary/aromatic N) is 1. The number of carbonyl (C=O) groups is 2. The second-order valence-corrected chi connectivity index (χ2v) is 9.08. The molecule has 1 amide bonds. The SMILES string of the molecule is COc1cc(/C=C/C(=O)O)cc(S(=O)(=O)Nc2ccccc2C(=O)N2CCCCC2)c1OC. The summed E-state index contributed by atoms with van der Waals surface area (Å²) in [5.74, 6) is -1.35. The number of ether oxygens (including phenoxy) is 2. The molecule has 2 N–H and O–H groups in total. The van der Waals surface area contributed by atoms with Crippen molar-refractivity contribution in [3.05, 3.63) is 53.6 Å². The van der Waals surface area contributed by atoms with Crippen LogP contribution in [0, 0.1) is 0 Å². The van der Waals surface area contributed by atoms with Crippen LogP contribution in [-0.4, -0.2) is 57.6 Å². The summed E-state index contributed by atoms with van der Waals surface area (Å²) in [6.45, 7) is 1.26. The summed E-state index contributed by atoms with van der Waals surface area (Å²) in [6, 6.07) is 9.15. The predicted molar refractivity (Wildman–Crippen MR) is 123 cm³/mol. The highest BCUT2D eigenvalue weighted by Gasteiger charge is 2.27. The summed E-state index contributed by atoms with van der Waals surface area (Å²) >= 11 is 0. The van der Waals surface area contributed by atoms with Crippen molar-refractivity contribution in [1.29, 1.82) is 0 Å². The quantitative estimate of drug-likeness (QED) is 0.563. The van der Waals surface area contributed by atoms with Gasteiger partial charge in [0.1, 0.15) is 4.90 Å². The fourth-order valence-electron chi connectivity index (χ4n) is 3.64. The van der Waals surface area contributed by atoms with Crippen molar-refractivity contribution in [3.8, 4) is 11.5 Å². The van der Waals surface area contributed by atoms with E-state index in [2.05, 4.69) is 4.72 Å². The normalized spacial score (nSPS) is 14.2. The fraction of sp³-hybridized carbons (Fsp3) is 0.304. The van der Waals surface area contributed by atoms with E-state index in [0.717, 1.165) is 25.3 Å². The molecule has 9 nitrogen and oxygen atoms in total. The van der Waals surface area contributed by atoms with Gasteiger partial charge in [-0.3, -0.25) is 9.52 Å². The number of carboxylic acids is 1. The van der Waals surface area contributed by atoms with Crippen LogP contribution < -0.4 is 14.2 Å². The molecule has 0 atom stereocenters. The van der Waals surface area contributed by atoms with Crippen LogP contribution in [0.3, 0.4) is 0 Å². The van der Waals surface area contributed by atoms with Gasteiger partial charge in [-0.25, -0.2) is 13.2 Å². The van der Waals surface area contributed by atoms with Gasteiger partial charge in [-0.1, -0.05) is 12.1 Å². The van der Waals surface area contributed by atoms with E-state index < -0.39 is 16.0 Å². The molecule has 2 aromatic carbocycles. The van der Waals surface area contributed by atoms with Crippen molar-refractivity contribution < 1.29 is 32.6 Å². The Bertz CT molecular complexity index is 1170. The zero-order chi connectivity index (χ0) is 24.0. The van der Waals surface area contributed by atoms with E-state index in [1.54, 1.807) is 23.1 Å². The van der Waals surface area contributed by atoms with Crippen molar-refractivity contribution in [2.24, 2.45) is 0 Å². The van der Waals surface area contributed by atoms with Crippen LogP contribution in [0.15, 0.2) is 47.4 Å². The maximum Gasteiger partial charge on any atom is 0.328 e. The topological polar surface area (TPSA) is 122 Å². The van der Waals surface area contributed by atoms with Gasteiger partial charge in [0.05, 0.1) is 25.5 Å². The maximum absolute atomic E-state index is 13.4. The van der Waals surface area contributed by atoms with Crippen LogP contribution >= 0.6 is 0 Å². The Kier molecular flexibility index (Phi) is 7.59. The Hall–Kier alpha value is -3.53. The number of hydrogen-bond acceptors (Lipinski definition) is 6. The summed E-state index contributed by atoms with van der Waals surface area (Å²) < 4.78 is 39.8. The molecule has 1 aliphatic rings. The van der Waals surface area contributed by atoms with Gasteiger partial charge >= 0.3 is 5.97 Å². The molecular formula is C23H26N2O7S. The smallest absolute Gasteiger partial charge is 0.328 e. The lowest BCUT2D eigenvalue weighted by Gasteiger charge is -2.27. The lowest BCUT2D eigenvalue weighted by molar-refractivity contribution is -0.131. The van der Waals surface area contributed by atoms with E-state index in [0.29, 0.717) is 13.1 Å². The first-order valence-corrected chi connectivity index (χ1v) is 11.8. The third-order valence-electron chi connectivity index (χ3n) is 5.22. The minimum atomic E-state index is -4.24. The molecule has 10 heteroatoms. The van der Waals surface area contributed by atoms with E-state index in [-0.39, 0.29) is 39.1 Å². The Labute approximate surface area is 192 Å². The van der Waals surface area contributed by atoms with Gasteiger partial charge in [-0.2, -0.15) is 0 Å². The average molecular weight is 475 g/mol. The number of nitrogens with one attached hydrogen (secondary N) is 1. The number of aliphatic carboxylic acids is 1. The molecule has 0 unspecified atom stereocenters. The molecule has 3 rings (SSSR count). The fourth-order valence-corrected chi connectivity index (χ4v) is 4.94. The number of piperidine rings is 1. The highest BCUT2D eigenvalue weighted by atomic mass is 32.2. The van der Waals surface area contributed by atoms with Gasteiger partial charge in [0.2, 0.25) is 0 Å². The van der Waals surface area contributed by atoms with Crippen LogP contribution in [0.5, 0.6) is 11.5 Å². The first-order valence-electron chi connectivity index (χ1n) is 10.3. The highest BCUT2D eigenvalue weighted by Crippen LogP contribution is 2.37. The van der Waals surface area contributed by atoms with Gasteiger partial charge in [0.25, 0.3) is 15.9 Å². The number of hydrogen-bond donors (Lipinski definition) is 2. The van der Waals surface area contributed by atoms with Gasteiger partial charge in [0, 0.05) is 19.2 Å². The number of rotatable bonds is 8. The van der Waals surface area contributed by atoms with Crippen LogP contribution in [-0.2, 0) is 14.8 Å². The Morgan fingerprint density at radius 2 is 1.76 bits per heavy atom. The zero-order valence-electron chi connectivity index (χ0n) is 18.4. The summed E-state index contributed by atoms with van der Waals surface area (Å²) in [5, 5.41) is 8.91. The Morgan fingerprint density at radius 1 is 1.06 bits per heavy atom. The second-order valence-electron chi connectivity index (χ2n) is 7.43. The maximum atomic E-state index is 13.4. The molecular weight excluding hydrogens is 448 g/mol. The van der Waals surface area contributed by atoms with E-state index >= 15 is 0 Å². The number of carboxylic acid groups (broad SMARTS) is 1. The number of anilines is 1. The standard InChI is InChI=1S/C23H26N2O7S/c1-31-19-14-16(10-11-21(26)27)15-20(22(19)32-2)33(29,30)24-18-9-5-4-8-17(18)23(28)25-12-6-3-7-13-25/h4-5,8-11,14-15,24H,3,6-7,12-13H2,1-2H3,(H,26,27)/b11-10+.